The van der Waals surface area contributed by atoms with Crippen LogP contribution in [0.2, 0.25) is 0 Å². The molecule has 0 amide bonds. The Morgan fingerprint density at radius 1 is 0.500 bits per heavy atom. The second-order valence-electron chi connectivity index (χ2n) is 13.8. The van der Waals surface area contributed by atoms with E-state index in [1.54, 1.807) is 0 Å². The van der Waals surface area contributed by atoms with E-state index in [1.165, 1.54) is 104 Å². The average molecular weight is 568 g/mol. The molecule has 0 aliphatic heterocycles. The average Bonchev–Trinajstić information content (AvgIpc) is 3.71. The molecule has 0 atom stereocenters. The molecule has 0 unspecified atom stereocenters. The van der Waals surface area contributed by atoms with Crippen molar-refractivity contribution in [3.8, 4) is 22.3 Å². The maximum Gasteiger partial charge on any atom is 0.0470 e. The van der Waals surface area contributed by atoms with Crippen molar-refractivity contribution in [2.75, 3.05) is 4.90 Å². The summed E-state index contributed by atoms with van der Waals surface area (Å²) in [6.45, 7) is 7.00. The highest BCUT2D eigenvalue weighted by molar-refractivity contribution is 5.93. The van der Waals surface area contributed by atoms with Crippen LogP contribution in [-0.4, -0.2) is 0 Å². The minimum Gasteiger partial charge on any atom is -0.310 e. The van der Waals surface area contributed by atoms with Crippen molar-refractivity contribution in [3.63, 3.8) is 0 Å². The van der Waals surface area contributed by atoms with Gasteiger partial charge in [-0.2, -0.15) is 0 Å². The number of hydrogen-bond acceptors (Lipinski definition) is 1. The number of anilines is 3. The Balaban J connectivity index is 1.28. The van der Waals surface area contributed by atoms with Crippen molar-refractivity contribution in [2.45, 2.75) is 57.3 Å². The Bertz CT molecular complexity index is 2120. The molecule has 3 aliphatic rings. The zero-order valence-corrected chi connectivity index (χ0v) is 25.8. The quantitative estimate of drug-likeness (QED) is 0.206. The van der Waals surface area contributed by atoms with Crippen molar-refractivity contribution >= 4 is 27.8 Å². The number of nitrogens with zero attached hydrogens (tertiary/aromatic N) is 1. The maximum absolute atomic E-state index is 2.54. The third-order valence-corrected chi connectivity index (χ3v) is 11.1. The fraction of sp³-hybridized carbons (Fsp3) is 0.209. The lowest BCUT2D eigenvalue weighted by atomic mass is 9.76. The first-order valence-electron chi connectivity index (χ1n) is 16.2. The van der Waals surface area contributed by atoms with Crippen LogP contribution in [0.5, 0.6) is 0 Å². The topological polar surface area (TPSA) is 3.24 Å². The van der Waals surface area contributed by atoms with Gasteiger partial charge in [-0.25, -0.2) is 0 Å². The summed E-state index contributed by atoms with van der Waals surface area (Å²) in [6.07, 6.45) is 5.07. The summed E-state index contributed by atoms with van der Waals surface area (Å²) in [7, 11) is 0. The monoisotopic (exact) mass is 567 g/mol. The second kappa shape index (κ2) is 9.19. The van der Waals surface area contributed by atoms with E-state index in [1.807, 2.05) is 0 Å². The molecule has 0 radical (unpaired) electrons. The molecule has 6 aromatic rings. The summed E-state index contributed by atoms with van der Waals surface area (Å²) in [4.78, 5) is 2.52. The first-order chi connectivity index (χ1) is 21.5. The highest BCUT2D eigenvalue weighted by atomic mass is 15.1. The Hall–Kier alpha value is -4.62. The van der Waals surface area contributed by atoms with Gasteiger partial charge in [0.05, 0.1) is 0 Å². The van der Waals surface area contributed by atoms with E-state index < -0.39 is 0 Å². The standard InChI is InChI=1S/C43H37N/c1-28-24-32(25-29-12-4-5-13-33(28)29)44(30-18-20-36-34-14-6-8-16-38(34)42(2,3)40(36)26-30)31-19-21-37-35-15-7-9-17-39(35)43(41(37)27-31)22-10-11-23-43/h4-9,12-21,24-27H,10-11,22-23H2,1-3H3. The van der Waals surface area contributed by atoms with E-state index in [2.05, 4.69) is 147 Å². The number of hydrogen-bond donors (Lipinski definition) is 0. The minimum atomic E-state index is -0.0552. The summed E-state index contributed by atoms with van der Waals surface area (Å²) < 4.78 is 0. The maximum atomic E-state index is 2.54. The third kappa shape index (κ3) is 3.47. The van der Waals surface area contributed by atoms with Gasteiger partial charge in [0, 0.05) is 27.9 Å². The van der Waals surface area contributed by atoms with Gasteiger partial charge in [-0.3, -0.25) is 0 Å². The molecule has 6 aromatic carbocycles. The van der Waals surface area contributed by atoms with Crippen LogP contribution >= 0.6 is 0 Å². The van der Waals surface area contributed by atoms with Crippen LogP contribution < -0.4 is 4.90 Å². The van der Waals surface area contributed by atoms with Gasteiger partial charge in [-0.15, -0.1) is 0 Å². The van der Waals surface area contributed by atoms with Gasteiger partial charge in [0.15, 0.2) is 0 Å². The lowest BCUT2D eigenvalue weighted by Crippen LogP contribution is -2.21. The number of rotatable bonds is 3. The van der Waals surface area contributed by atoms with E-state index in [0.29, 0.717) is 0 Å². The van der Waals surface area contributed by atoms with Crippen LogP contribution in [0, 0.1) is 6.92 Å². The third-order valence-electron chi connectivity index (χ3n) is 11.1. The molecule has 1 fully saturated rings. The van der Waals surface area contributed by atoms with Gasteiger partial charge >= 0.3 is 0 Å². The molecule has 0 heterocycles. The highest BCUT2D eigenvalue weighted by Gasteiger charge is 2.45. The van der Waals surface area contributed by atoms with E-state index in [4.69, 9.17) is 0 Å². The van der Waals surface area contributed by atoms with Crippen molar-refractivity contribution in [1.29, 1.82) is 0 Å². The zero-order valence-electron chi connectivity index (χ0n) is 25.8. The van der Waals surface area contributed by atoms with Gasteiger partial charge in [0.1, 0.15) is 0 Å². The molecule has 1 saturated carbocycles. The van der Waals surface area contributed by atoms with Crippen LogP contribution in [0.4, 0.5) is 17.1 Å². The molecule has 9 rings (SSSR count). The van der Waals surface area contributed by atoms with Gasteiger partial charge in [0.2, 0.25) is 0 Å². The Morgan fingerprint density at radius 3 is 1.82 bits per heavy atom. The van der Waals surface area contributed by atoms with E-state index in [9.17, 15) is 0 Å². The SMILES string of the molecule is Cc1cc(N(c2ccc3c(c2)C(C)(C)c2ccccc2-3)c2ccc3c(c2)C2(CCCC2)c2ccccc2-3)cc2ccccc12. The summed E-state index contributed by atoms with van der Waals surface area (Å²) >= 11 is 0. The van der Waals surface area contributed by atoms with Crippen molar-refractivity contribution < 1.29 is 0 Å². The Kier molecular flexibility index (Phi) is 5.40. The van der Waals surface area contributed by atoms with Gasteiger partial charge < -0.3 is 4.90 Å². The molecule has 0 aromatic heterocycles. The summed E-state index contributed by atoms with van der Waals surface area (Å²) in [5.41, 5.74) is 16.5. The largest absolute Gasteiger partial charge is 0.310 e. The molecule has 0 saturated heterocycles. The lowest BCUT2D eigenvalue weighted by Gasteiger charge is -2.31. The molecule has 0 N–H and O–H groups in total. The molecule has 3 aliphatic carbocycles. The molecular formula is C43H37N. The first-order valence-corrected chi connectivity index (χ1v) is 16.2. The Morgan fingerprint density at radius 2 is 1.07 bits per heavy atom. The summed E-state index contributed by atoms with van der Waals surface area (Å²) in [5.74, 6) is 0. The lowest BCUT2D eigenvalue weighted by molar-refractivity contribution is 0.550. The van der Waals surface area contributed by atoms with Crippen LogP contribution in [0.3, 0.4) is 0 Å². The number of aryl methyl sites for hydroxylation is 1. The van der Waals surface area contributed by atoms with Gasteiger partial charge in [-0.1, -0.05) is 112 Å². The highest BCUT2D eigenvalue weighted by Crippen LogP contribution is 2.58. The summed E-state index contributed by atoms with van der Waals surface area (Å²) in [6, 6.07) is 46.1. The minimum absolute atomic E-state index is 0.0552. The van der Waals surface area contributed by atoms with Crippen molar-refractivity contribution in [2.24, 2.45) is 0 Å². The predicted octanol–water partition coefficient (Wildman–Crippen LogP) is 11.8. The van der Waals surface area contributed by atoms with Crippen molar-refractivity contribution in [1.82, 2.24) is 0 Å². The van der Waals surface area contributed by atoms with Crippen LogP contribution in [0.15, 0.2) is 121 Å². The zero-order chi connectivity index (χ0) is 29.6. The summed E-state index contributed by atoms with van der Waals surface area (Å²) in [5, 5.41) is 2.60. The normalized spacial score (nSPS) is 16.5. The number of fused-ring (bicyclic) bond motifs is 9. The number of benzene rings is 6. The van der Waals surface area contributed by atoms with Crippen LogP contribution in [0.1, 0.15) is 67.3 Å². The molecule has 214 valence electrons. The van der Waals surface area contributed by atoms with Crippen molar-refractivity contribution in [3.05, 3.63) is 149 Å². The molecular weight excluding hydrogens is 530 g/mol. The predicted molar refractivity (Wildman–Crippen MR) is 186 cm³/mol. The fourth-order valence-corrected chi connectivity index (χ4v) is 8.99. The molecule has 1 spiro atoms. The van der Waals surface area contributed by atoms with Gasteiger partial charge in [0.25, 0.3) is 0 Å². The van der Waals surface area contributed by atoms with Crippen LogP contribution in [-0.2, 0) is 10.8 Å². The smallest absolute Gasteiger partial charge is 0.0470 e. The van der Waals surface area contributed by atoms with E-state index >= 15 is 0 Å². The first kappa shape index (κ1) is 25.8. The van der Waals surface area contributed by atoms with E-state index in [0.717, 1.165) is 0 Å². The molecule has 1 nitrogen and oxygen atoms in total. The molecule has 0 bridgehead atoms. The Labute approximate surface area is 260 Å². The second-order valence-corrected chi connectivity index (χ2v) is 13.8. The fourth-order valence-electron chi connectivity index (χ4n) is 8.99. The van der Waals surface area contributed by atoms with Crippen LogP contribution in [0.25, 0.3) is 33.0 Å². The molecule has 1 heteroatoms. The van der Waals surface area contributed by atoms with E-state index in [-0.39, 0.29) is 10.8 Å². The molecule has 44 heavy (non-hydrogen) atoms. The van der Waals surface area contributed by atoms with Gasteiger partial charge in [-0.05, 0) is 117 Å².